The molecule has 0 aliphatic carbocycles. The van der Waals surface area contributed by atoms with Gasteiger partial charge in [0.15, 0.2) is 5.03 Å². The number of rotatable bonds is 6. The van der Waals surface area contributed by atoms with Crippen molar-refractivity contribution < 1.29 is 8.42 Å². The predicted molar refractivity (Wildman–Crippen MR) is 83.5 cm³/mol. The number of nitrogens with zero attached hydrogens (tertiary/aromatic N) is 1. The van der Waals surface area contributed by atoms with Crippen LogP contribution in [0.15, 0.2) is 23.2 Å². The standard InChI is InChI=1S/C14H24N4O2S/c1-14(2)9-11(10-17-14)5-4-8-16-12-6-3-7-13(18-12)21(15,19)20/h3,6-7,11,17H,4-5,8-10H2,1-2H3,(H,16,18)(H2,15,19,20)/t11-/m0/s1. The van der Waals surface area contributed by atoms with Gasteiger partial charge in [-0.2, -0.15) is 0 Å². The van der Waals surface area contributed by atoms with Gasteiger partial charge in [0.2, 0.25) is 0 Å². The van der Waals surface area contributed by atoms with Crippen molar-refractivity contribution in [2.24, 2.45) is 11.1 Å². The van der Waals surface area contributed by atoms with Crippen LogP contribution in [0.3, 0.4) is 0 Å². The van der Waals surface area contributed by atoms with Crippen LogP contribution < -0.4 is 15.8 Å². The number of anilines is 1. The highest BCUT2D eigenvalue weighted by Gasteiger charge is 2.29. The summed E-state index contributed by atoms with van der Waals surface area (Å²) in [7, 11) is -3.74. The topological polar surface area (TPSA) is 97.1 Å². The summed E-state index contributed by atoms with van der Waals surface area (Å²) in [6, 6.07) is 4.78. The number of hydrogen-bond donors (Lipinski definition) is 3. The molecule has 1 fully saturated rings. The van der Waals surface area contributed by atoms with Gasteiger partial charge in [0, 0.05) is 12.1 Å². The molecule has 2 heterocycles. The van der Waals surface area contributed by atoms with Crippen molar-refractivity contribution in [2.75, 3.05) is 18.4 Å². The van der Waals surface area contributed by atoms with Crippen LogP contribution in [0.2, 0.25) is 0 Å². The number of nitrogens with two attached hydrogens (primary N) is 1. The molecule has 7 heteroatoms. The van der Waals surface area contributed by atoms with Crippen LogP contribution in [-0.4, -0.2) is 32.0 Å². The van der Waals surface area contributed by atoms with E-state index in [9.17, 15) is 8.42 Å². The molecule has 0 bridgehead atoms. The van der Waals surface area contributed by atoms with Gasteiger partial charge in [-0.3, -0.25) is 0 Å². The van der Waals surface area contributed by atoms with Crippen LogP contribution in [0.25, 0.3) is 0 Å². The van der Waals surface area contributed by atoms with Gasteiger partial charge in [0.25, 0.3) is 10.0 Å². The van der Waals surface area contributed by atoms with E-state index in [2.05, 4.69) is 29.5 Å². The Balaban J connectivity index is 1.77. The van der Waals surface area contributed by atoms with Crippen LogP contribution in [0.1, 0.15) is 33.1 Å². The van der Waals surface area contributed by atoms with E-state index in [1.807, 2.05) is 0 Å². The van der Waals surface area contributed by atoms with Crippen LogP contribution >= 0.6 is 0 Å². The van der Waals surface area contributed by atoms with Gasteiger partial charge in [-0.15, -0.1) is 0 Å². The van der Waals surface area contributed by atoms with Crippen LogP contribution in [0.4, 0.5) is 5.82 Å². The lowest BCUT2D eigenvalue weighted by Crippen LogP contribution is -2.31. The molecule has 1 aromatic rings. The summed E-state index contributed by atoms with van der Waals surface area (Å²) in [5.74, 6) is 1.26. The number of hydrogen-bond acceptors (Lipinski definition) is 5. The quantitative estimate of drug-likeness (QED) is 0.688. The molecule has 0 radical (unpaired) electrons. The van der Waals surface area contributed by atoms with Gasteiger partial charge in [0.05, 0.1) is 0 Å². The molecule has 0 unspecified atom stereocenters. The SMILES string of the molecule is CC1(C)C[C@H](CCCNc2cccc(S(N)(=O)=O)n2)CN1. The fourth-order valence-corrected chi connectivity index (χ4v) is 3.26. The summed E-state index contributed by atoms with van der Waals surface area (Å²) < 4.78 is 22.5. The molecule has 118 valence electrons. The average molecular weight is 312 g/mol. The zero-order chi connectivity index (χ0) is 15.5. The summed E-state index contributed by atoms with van der Waals surface area (Å²) in [5.41, 5.74) is 0.253. The summed E-state index contributed by atoms with van der Waals surface area (Å²) in [5, 5.41) is 11.6. The number of pyridine rings is 1. The molecule has 1 aromatic heterocycles. The Morgan fingerprint density at radius 1 is 1.48 bits per heavy atom. The molecule has 1 aliphatic heterocycles. The zero-order valence-corrected chi connectivity index (χ0v) is 13.4. The molecular formula is C14H24N4O2S. The third kappa shape index (κ3) is 4.94. The van der Waals surface area contributed by atoms with Crippen molar-refractivity contribution in [3.05, 3.63) is 18.2 Å². The van der Waals surface area contributed by atoms with Crippen molar-refractivity contribution in [3.8, 4) is 0 Å². The van der Waals surface area contributed by atoms with Gasteiger partial charge >= 0.3 is 0 Å². The molecular weight excluding hydrogens is 288 g/mol. The lowest BCUT2D eigenvalue weighted by Gasteiger charge is -2.17. The van der Waals surface area contributed by atoms with Crippen molar-refractivity contribution in [1.29, 1.82) is 0 Å². The lowest BCUT2D eigenvalue weighted by molar-refractivity contribution is 0.430. The van der Waals surface area contributed by atoms with Crippen LogP contribution in [-0.2, 0) is 10.0 Å². The van der Waals surface area contributed by atoms with Gasteiger partial charge in [-0.25, -0.2) is 18.5 Å². The maximum atomic E-state index is 11.2. The third-order valence-electron chi connectivity index (χ3n) is 3.78. The second-order valence-electron chi connectivity index (χ2n) is 6.31. The third-order valence-corrected chi connectivity index (χ3v) is 4.59. The van der Waals surface area contributed by atoms with E-state index >= 15 is 0 Å². The summed E-state index contributed by atoms with van der Waals surface area (Å²) >= 11 is 0. The molecule has 0 amide bonds. The Kier molecular flexibility index (Phi) is 4.85. The smallest absolute Gasteiger partial charge is 0.255 e. The monoisotopic (exact) mass is 312 g/mol. The average Bonchev–Trinajstić information content (AvgIpc) is 2.74. The molecule has 0 saturated carbocycles. The fraction of sp³-hybridized carbons (Fsp3) is 0.643. The lowest BCUT2D eigenvalue weighted by atomic mass is 9.94. The van der Waals surface area contributed by atoms with E-state index < -0.39 is 10.0 Å². The van der Waals surface area contributed by atoms with Gasteiger partial charge in [0.1, 0.15) is 5.82 Å². The number of primary sulfonamides is 1. The van der Waals surface area contributed by atoms with Gasteiger partial charge < -0.3 is 10.6 Å². The molecule has 0 spiro atoms. The van der Waals surface area contributed by atoms with Gasteiger partial charge in [-0.1, -0.05) is 6.07 Å². The largest absolute Gasteiger partial charge is 0.370 e. The second-order valence-corrected chi connectivity index (χ2v) is 7.82. The van der Waals surface area contributed by atoms with Crippen molar-refractivity contribution in [1.82, 2.24) is 10.3 Å². The number of nitrogens with one attached hydrogen (secondary N) is 2. The molecule has 4 N–H and O–H groups in total. The Hall–Kier alpha value is -1.18. The van der Waals surface area contributed by atoms with Crippen molar-refractivity contribution in [3.63, 3.8) is 0 Å². The van der Waals surface area contributed by atoms with Crippen molar-refractivity contribution >= 4 is 15.8 Å². The second kappa shape index (κ2) is 6.29. The van der Waals surface area contributed by atoms with E-state index in [4.69, 9.17) is 5.14 Å². The number of sulfonamides is 1. The van der Waals surface area contributed by atoms with Gasteiger partial charge in [-0.05, 0) is 57.7 Å². The zero-order valence-electron chi connectivity index (χ0n) is 12.6. The van der Waals surface area contributed by atoms with Crippen LogP contribution in [0.5, 0.6) is 0 Å². The highest BCUT2D eigenvalue weighted by Crippen LogP contribution is 2.26. The minimum atomic E-state index is -3.74. The first-order chi connectivity index (χ1) is 9.76. The molecule has 0 aromatic carbocycles. The Morgan fingerprint density at radius 3 is 2.86 bits per heavy atom. The summed E-state index contributed by atoms with van der Waals surface area (Å²) in [6.45, 7) is 6.31. The maximum Gasteiger partial charge on any atom is 0.255 e. The minimum Gasteiger partial charge on any atom is -0.370 e. The maximum absolute atomic E-state index is 11.2. The summed E-state index contributed by atoms with van der Waals surface area (Å²) in [4.78, 5) is 4.00. The fourth-order valence-electron chi connectivity index (χ4n) is 2.77. The van der Waals surface area contributed by atoms with E-state index in [0.717, 1.165) is 25.9 Å². The molecule has 1 aliphatic rings. The normalized spacial score (nSPS) is 21.4. The predicted octanol–water partition coefficient (Wildman–Crippen LogP) is 1.31. The first kappa shape index (κ1) is 16.2. The van der Waals surface area contributed by atoms with Crippen LogP contribution in [0, 0.1) is 5.92 Å². The summed E-state index contributed by atoms with van der Waals surface area (Å²) in [6.07, 6.45) is 3.38. The number of aromatic nitrogens is 1. The highest BCUT2D eigenvalue weighted by molar-refractivity contribution is 7.89. The molecule has 6 nitrogen and oxygen atoms in total. The highest BCUT2D eigenvalue weighted by atomic mass is 32.2. The molecule has 2 rings (SSSR count). The minimum absolute atomic E-state index is 0.103. The molecule has 21 heavy (non-hydrogen) atoms. The van der Waals surface area contributed by atoms with E-state index in [1.54, 1.807) is 12.1 Å². The first-order valence-corrected chi connectivity index (χ1v) is 8.80. The van der Waals surface area contributed by atoms with E-state index in [0.29, 0.717) is 11.7 Å². The Bertz CT molecular complexity index is 586. The van der Waals surface area contributed by atoms with E-state index in [1.165, 1.54) is 12.5 Å². The molecule has 1 saturated heterocycles. The Labute approximate surface area is 126 Å². The van der Waals surface area contributed by atoms with Crippen molar-refractivity contribution in [2.45, 2.75) is 43.7 Å². The van der Waals surface area contributed by atoms with E-state index in [-0.39, 0.29) is 10.6 Å². The Morgan fingerprint density at radius 2 is 2.24 bits per heavy atom. The first-order valence-electron chi connectivity index (χ1n) is 7.25. The molecule has 1 atom stereocenters.